The summed E-state index contributed by atoms with van der Waals surface area (Å²) in [7, 11) is 1.64. The molecule has 3 rings (SSSR count). The summed E-state index contributed by atoms with van der Waals surface area (Å²) < 4.78 is 5.15. The minimum absolute atomic E-state index is 0.155. The van der Waals surface area contributed by atoms with E-state index in [0.29, 0.717) is 12.4 Å². The Labute approximate surface area is 155 Å². The van der Waals surface area contributed by atoms with Gasteiger partial charge in [0.25, 0.3) is 0 Å². The molecule has 1 aromatic carbocycles. The number of benzene rings is 1. The Morgan fingerprint density at radius 3 is 2.81 bits per heavy atom. The number of methoxy groups -OCH3 is 1. The van der Waals surface area contributed by atoms with Gasteiger partial charge in [-0.1, -0.05) is 30.3 Å². The van der Waals surface area contributed by atoms with Crippen LogP contribution in [0.25, 0.3) is 0 Å². The van der Waals surface area contributed by atoms with E-state index >= 15 is 0 Å². The average molecular weight is 356 g/mol. The lowest BCUT2D eigenvalue weighted by Gasteiger charge is -2.38. The number of ether oxygens (including phenoxy) is 1. The molecule has 1 aromatic heterocycles. The molecule has 0 radical (unpaired) electrons. The summed E-state index contributed by atoms with van der Waals surface area (Å²) in [5.74, 6) is 1.70. The first-order valence-corrected chi connectivity index (χ1v) is 9.15. The molecule has 6 heteroatoms. The molecule has 2 atom stereocenters. The van der Waals surface area contributed by atoms with Gasteiger partial charge in [0.15, 0.2) is 5.82 Å². The summed E-state index contributed by atoms with van der Waals surface area (Å²) in [5.41, 5.74) is 2.22. The number of aryl methyl sites for hydroxylation is 1. The van der Waals surface area contributed by atoms with Gasteiger partial charge in [0.05, 0.1) is 0 Å². The molecular formula is C20H28N4O2. The maximum atomic E-state index is 9.80. The van der Waals surface area contributed by atoms with Crippen molar-refractivity contribution in [2.24, 2.45) is 5.92 Å². The SMILES string of the molecule is COCc1nc(C)cc(NC2CN(Cc3ccccc3)CCC2CO)n1. The van der Waals surface area contributed by atoms with Crippen LogP contribution in [-0.4, -0.2) is 52.8 Å². The van der Waals surface area contributed by atoms with Crippen LogP contribution in [0, 0.1) is 12.8 Å². The van der Waals surface area contributed by atoms with Gasteiger partial charge in [-0.3, -0.25) is 4.90 Å². The number of rotatable bonds is 7. The van der Waals surface area contributed by atoms with Gasteiger partial charge in [0, 0.05) is 50.5 Å². The highest BCUT2D eigenvalue weighted by molar-refractivity contribution is 5.37. The second kappa shape index (κ2) is 9.07. The summed E-state index contributed by atoms with van der Waals surface area (Å²) >= 11 is 0. The molecule has 1 aliphatic rings. The largest absolute Gasteiger partial charge is 0.396 e. The number of nitrogens with one attached hydrogen (secondary N) is 1. The number of aromatic nitrogens is 2. The number of hydrogen-bond donors (Lipinski definition) is 2. The van der Waals surface area contributed by atoms with Crippen molar-refractivity contribution < 1.29 is 9.84 Å². The van der Waals surface area contributed by atoms with Crippen LogP contribution in [0.4, 0.5) is 5.82 Å². The lowest BCUT2D eigenvalue weighted by molar-refractivity contribution is 0.114. The van der Waals surface area contributed by atoms with Crippen molar-refractivity contribution >= 4 is 5.82 Å². The first-order valence-electron chi connectivity index (χ1n) is 9.15. The van der Waals surface area contributed by atoms with E-state index in [1.165, 1.54) is 5.56 Å². The highest BCUT2D eigenvalue weighted by atomic mass is 16.5. The predicted molar refractivity (Wildman–Crippen MR) is 102 cm³/mol. The van der Waals surface area contributed by atoms with Gasteiger partial charge in [-0.2, -0.15) is 0 Å². The predicted octanol–water partition coefficient (Wildman–Crippen LogP) is 2.23. The maximum Gasteiger partial charge on any atom is 0.156 e. The topological polar surface area (TPSA) is 70.5 Å². The summed E-state index contributed by atoms with van der Waals surface area (Å²) in [6.45, 7) is 5.34. The molecule has 2 heterocycles. The van der Waals surface area contributed by atoms with Gasteiger partial charge in [-0.25, -0.2) is 9.97 Å². The molecule has 2 N–H and O–H groups in total. The van der Waals surface area contributed by atoms with E-state index in [-0.39, 0.29) is 18.6 Å². The molecule has 0 spiro atoms. The van der Waals surface area contributed by atoms with Crippen LogP contribution in [0.1, 0.15) is 23.5 Å². The van der Waals surface area contributed by atoms with E-state index in [4.69, 9.17) is 4.74 Å². The molecule has 2 aromatic rings. The molecule has 0 amide bonds. The minimum Gasteiger partial charge on any atom is -0.396 e. The molecule has 0 aliphatic carbocycles. The maximum absolute atomic E-state index is 9.80. The van der Waals surface area contributed by atoms with Crippen molar-refractivity contribution in [3.8, 4) is 0 Å². The standard InChI is InChI=1S/C20H28N4O2/c1-15-10-19(23-20(21-15)14-26-2)22-18-12-24(9-8-17(18)13-25)11-16-6-4-3-5-7-16/h3-7,10,17-18,25H,8-9,11-14H2,1-2H3,(H,21,22,23). The molecule has 6 nitrogen and oxygen atoms in total. The van der Waals surface area contributed by atoms with Crippen molar-refractivity contribution in [1.82, 2.24) is 14.9 Å². The summed E-state index contributed by atoms with van der Waals surface area (Å²) in [6, 6.07) is 12.6. The van der Waals surface area contributed by atoms with E-state index in [2.05, 4.69) is 44.5 Å². The van der Waals surface area contributed by atoms with Crippen LogP contribution < -0.4 is 5.32 Å². The third-order valence-corrected chi connectivity index (χ3v) is 4.83. The summed E-state index contributed by atoms with van der Waals surface area (Å²) in [4.78, 5) is 11.4. The number of nitrogens with zero attached hydrogens (tertiary/aromatic N) is 3. The minimum atomic E-state index is 0.155. The Kier molecular flexibility index (Phi) is 6.55. The Morgan fingerprint density at radius 1 is 1.27 bits per heavy atom. The quantitative estimate of drug-likeness (QED) is 0.793. The van der Waals surface area contributed by atoms with Gasteiger partial charge in [0.2, 0.25) is 0 Å². The third-order valence-electron chi connectivity index (χ3n) is 4.83. The van der Waals surface area contributed by atoms with Crippen LogP contribution in [0.15, 0.2) is 36.4 Å². The van der Waals surface area contributed by atoms with Crippen molar-refractivity contribution in [2.75, 3.05) is 32.1 Å². The van der Waals surface area contributed by atoms with Gasteiger partial charge >= 0.3 is 0 Å². The molecule has 26 heavy (non-hydrogen) atoms. The molecule has 140 valence electrons. The van der Waals surface area contributed by atoms with Crippen LogP contribution in [0.5, 0.6) is 0 Å². The van der Waals surface area contributed by atoms with Gasteiger partial charge in [0.1, 0.15) is 12.4 Å². The zero-order valence-electron chi connectivity index (χ0n) is 15.6. The first-order chi connectivity index (χ1) is 12.7. The number of aliphatic hydroxyl groups excluding tert-OH is 1. The molecule has 1 aliphatic heterocycles. The van der Waals surface area contributed by atoms with Crippen LogP contribution in [0.3, 0.4) is 0 Å². The smallest absolute Gasteiger partial charge is 0.156 e. The van der Waals surface area contributed by atoms with Crippen molar-refractivity contribution in [3.63, 3.8) is 0 Å². The highest BCUT2D eigenvalue weighted by Crippen LogP contribution is 2.22. The lowest BCUT2D eigenvalue weighted by atomic mass is 9.92. The summed E-state index contributed by atoms with van der Waals surface area (Å²) in [6.07, 6.45) is 0.968. The van der Waals surface area contributed by atoms with Crippen molar-refractivity contribution in [1.29, 1.82) is 0 Å². The molecule has 1 saturated heterocycles. The normalized spacial score (nSPS) is 20.9. The monoisotopic (exact) mass is 356 g/mol. The van der Waals surface area contributed by atoms with Gasteiger partial charge < -0.3 is 15.2 Å². The van der Waals surface area contributed by atoms with Gasteiger partial charge in [-0.15, -0.1) is 0 Å². The Balaban J connectivity index is 1.69. The van der Waals surface area contributed by atoms with E-state index in [0.717, 1.165) is 37.6 Å². The second-order valence-corrected chi connectivity index (χ2v) is 6.95. The van der Waals surface area contributed by atoms with Crippen LogP contribution in [-0.2, 0) is 17.9 Å². The Morgan fingerprint density at radius 2 is 2.08 bits per heavy atom. The third kappa shape index (κ3) is 5.00. The fourth-order valence-corrected chi connectivity index (χ4v) is 3.52. The van der Waals surface area contributed by atoms with Gasteiger partial charge in [-0.05, 0) is 25.5 Å². The Hall–Kier alpha value is -2.02. The molecule has 2 unspecified atom stereocenters. The fourth-order valence-electron chi connectivity index (χ4n) is 3.52. The average Bonchev–Trinajstić information content (AvgIpc) is 2.63. The van der Waals surface area contributed by atoms with E-state index < -0.39 is 0 Å². The van der Waals surface area contributed by atoms with Crippen LogP contribution in [0.2, 0.25) is 0 Å². The zero-order chi connectivity index (χ0) is 18.4. The summed E-state index contributed by atoms with van der Waals surface area (Å²) in [5, 5.41) is 13.3. The lowest BCUT2D eigenvalue weighted by Crippen LogP contribution is -2.48. The van der Waals surface area contributed by atoms with E-state index in [9.17, 15) is 5.11 Å². The zero-order valence-corrected chi connectivity index (χ0v) is 15.6. The highest BCUT2D eigenvalue weighted by Gasteiger charge is 2.29. The van der Waals surface area contributed by atoms with Crippen molar-refractivity contribution in [3.05, 3.63) is 53.5 Å². The number of anilines is 1. The first kappa shape index (κ1) is 18.8. The second-order valence-electron chi connectivity index (χ2n) is 6.95. The van der Waals surface area contributed by atoms with E-state index in [1.54, 1.807) is 7.11 Å². The Bertz CT molecular complexity index is 695. The number of piperidine rings is 1. The number of likely N-dealkylation sites (tertiary alicyclic amines) is 1. The fraction of sp³-hybridized carbons (Fsp3) is 0.500. The molecule has 1 fully saturated rings. The van der Waals surface area contributed by atoms with E-state index in [1.807, 2.05) is 19.1 Å². The van der Waals surface area contributed by atoms with Crippen LogP contribution >= 0.6 is 0 Å². The number of aliphatic hydroxyl groups is 1. The molecule has 0 bridgehead atoms. The van der Waals surface area contributed by atoms with Crippen molar-refractivity contribution in [2.45, 2.75) is 32.5 Å². The molecule has 0 saturated carbocycles. The number of hydrogen-bond acceptors (Lipinski definition) is 6. The molecular weight excluding hydrogens is 328 g/mol.